The van der Waals surface area contributed by atoms with Gasteiger partial charge in [-0.25, -0.2) is 4.79 Å². The SMILES string of the molecule is COc1ccc([C@H](C[N+](=O)[O-])C2C(=O)NC(=O)NC2=O)cc1OC. The van der Waals surface area contributed by atoms with Gasteiger partial charge < -0.3 is 9.47 Å². The molecule has 10 nitrogen and oxygen atoms in total. The Bertz CT molecular complexity index is 684. The molecule has 1 saturated heterocycles. The highest BCUT2D eigenvalue weighted by molar-refractivity contribution is 6.16. The Morgan fingerprint density at radius 1 is 1.12 bits per heavy atom. The zero-order valence-corrected chi connectivity index (χ0v) is 12.9. The van der Waals surface area contributed by atoms with Crippen LogP contribution in [0.2, 0.25) is 0 Å². The molecule has 1 heterocycles. The molecule has 1 aliphatic rings. The first-order valence-electron chi connectivity index (χ1n) is 6.86. The fraction of sp³-hybridized carbons (Fsp3) is 0.357. The van der Waals surface area contributed by atoms with Gasteiger partial charge >= 0.3 is 6.03 Å². The summed E-state index contributed by atoms with van der Waals surface area (Å²) in [7, 11) is 2.82. The van der Waals surface area contributed by atoms with Gasteiger partial charge in [0.05, 0.1) is 20.1 Å². The van der Waals surface area contributed by atoms with Crippen LogP contribution in [0, 0.1) is 16.0 Å². The van der Waals surface area contributed by atoms with Crippen LogP contribution in [-0.4, -0.2) is 43.5 Å². The molecule has 0 spiro atoms. The van der Waals surface area contributed by atoms with Gasteiger partial charge in [0.15, 0.2) is 11.5 Å². The van der Waals surface area contributed by atoms with Crippen LogP contribution in [0.5, 0.6) is 11.5 Å². The highest BCUT2D eigenvalue weighted by Crippen LogP contribution is 2.34. The predicted octanol–water partition coefficient (Wildman–Crippen LogP) is 0.0463. The van der Waals surface area contributed by atoms with Crippen molar-refractivity contribution in [3.05, 3.63) is 33.9 Å². The van der Waals surface area contributed by atoms with Crippen LogP contribution >= 0.6 is 0 Å². The Balaban J connectivity index is 2.45. The summed E-state index contributed by atoms with van der Waals surface area (Å²) in [6.45, 7) is -0.671. The molecule has 0 bridgehead atoms. The van der Waals surface area contributed by atoms with Gasteiger partial charge in [0.2, 0.25) is 18.4 Å². The second-order valence-electron chi connectivity index (χ2n) is 5.02. The van der Waals surface area contributed by atoms with Crippen molar-refractivity contribution >= 4 is 17.8 Å². The quantitative estimate of drug-likeness (QED) is 0.425. The van der Waals surface area contributed by atoms with Crippen molar-refractivity contribution in [1.29, 1.82) is 0 Å². The lowest BCUT2D eigenvalue weighted by atomic mass is 9.83. The van der Waals surface area contributed by atoms with Crippen LogP contribution in [0.15, 0.2) is 18.2 Å². The minimum Gasteiger partial charge on any atom is -0.493 e. The van der Waals surface area contributed by atoms with Crippen molar-refractivity contribution in [2.45, 2.75) is 5.92 Å². The molecule has 2 N–H and O–H groups in total. The van der Waals surface area contributed by atoms with Crippen LogP contribution in [0.4, 0.5) is 4.79 Å². The van der Waals surface area contributed by atoms with Gasteiger partial charge in [-0.1, -0.05) is 6.07 Å². The Kier molecular flexibility index (Phi) is 4.97. The number of imide groups is 2. The molecule has 1 fully saturated rings. The summed E-state index contributed by atoms with van der Waals surface area (Å²) < 4.78 is 10.2. The first-order chi connectivity index (χ1) is 11.4. The summed E-state index contributed by atoms with van der Waals surface area (Å²) >= 11 is 0. The monoisotopic (exact) mass is 337 g/mol. The average Bonchev–Trinajstić information content (AvgIpc) is 2.52. The molecule has 1 aliphatic heterocycles. The molecule has 0 saturated carbocycles. The number of carbonyl (C=O) groups is 3. The molecule has 24 heavy (non-hydrogen) atoms. The van der Waals surface area contributed by atoms with E-state index >= 15 is 0 Å². The van der Waals surface area contributed by atoms with Crippen molar-refractivity contribution in [1.82, 2.24) is 10.6 Å². The summed E-state index contributed by atoms with van der Waals surface area (Å²) in [5.41, 5.74) is 0.342. The Morgan fingerprint density at radius 2 is 1.71 bits per heavy atom. The number of nitrogens with zero attached hydrogens (tertiary/aromatic N) is 1. The number of urea groups is 1. The second-order valence-corrected chi connectivity index (χ2v) is 5.02. The largest absolute Gasteiger partial charge is 0.493 e. The molecule has 10 heteroatoms. The van der Waals surface area contributed by atoms with E-state index in [-0.39, 0.29) is 0 Å². The minimum absolute atomic E-state index is 0.302. The summed E-state index contributed by atoms with van der Waals surface area (Å²) in [6.07, 6.45) is 0. The highest BCUT2D eigenvalue weighted by atomic mass is 16.6. The van der Waals surface area contributed by atoms with E-state index < -0.39 is 41.1 Å². The van der Waals surface area contributed by atoms with Crippen LogP contribution in [0.1, 0.15) is 11.5 Å². The lowest BCUT2D eigenvalue weighted by Gasteiger charge is -2.26. The lowest BCUT2D eigenvalue weighted by Crippen LogP contribution is -2.57. The van der Waals surface area contributed by atoms with Gasteiger partial charge in [0.25, 0.3) is 0 Å². The minimum atomic E-state index is -1.41. The molecular weight excluding hydrogens is 322 g/mol. The first kappa shape index (κ1) is 17.2. The number of hydrogen-bond acceptors (Lipinski definition) is 7. The molecule has 0 unspecified atom stereocenters. The molecule has 0 aromatic heterocycles. The maximum absolute atomic E-state index is 12.0. The number of barbiturate groups is 1. The number of amides is 4. The fourth-order valence-corrected chi connectivity index (χ4v) is 2.54. The van der Waals surface area contributed by atoms with E-state index in [1.807, 2.05) is 10.6 Å². The zero-order chi connectivity index (χ0) is 17.9. The maximum Gasteiger partial charge on any atom is 0.328 e. The molecule has 128 valence electrons. The topological polar surface area (TPSA) is 137 Å². The van der Waals surface area contributed by atoms with Crippen molar-refractivity contribution in [3.63, 3.8) is 0 Å². The standard InChI is InChI=1S/C14H15N3O7/c1-23-9-4-3-7(5-10(9)24-2)8(6-17(21)22)11-12(18)15-14(20)16-13(11)19/h3-5,8,11H,6H2,1-2H3,(H2,15,16,18,19,20)/t8-/m0/s1. The van der Waals surface area contributed by atoms with E-state index in [2.05, 4.69) is 0 Å². The lowest BCUT2D eigenvalue weighted by molar-refractivity contribution is -0.484. The summed E-state index contributed by atoms with van der Waals surface area (Å²) in [5, 5.41) is 14.9. The Hall–Kier alpha value is -3.17. The van der Waals surface area contributed by atoms with Crippen molar-refractivity contribution in [3.8, 4) is 11.5 Å². The summed E-state index contributed by atoms with van der Waals surface area (Å²) in [5.74, 6) is -3.56. The molecule has 1 aromatic rings. The van der Waals surface area contributed by atoms with E-state index in [0.29, 0.717) is 17.1 Å². The van der Waals surface area contributed by atoms with Crippen LogP contribution < -0.4 is 20.1 Å². The van der Waals surface area contributed by atoms with Crippen LogP contribution in [0.3, 0.4) is 0 Å². The fourth-order valence-electron chi connectivity index (χ4n) is 2.54. The Morgan fingerprint density at radius 3 is 2.21 bits per heavy atom. The smallest absolute Gasteiger partial charge is 0.328 e. The molecule has 0 radical (unpaired) electrons. The molecule has 2 rings (SSSR count). The highest BCUT2D eigenvalue weighted by Gasteiger charge is 2.43. The van der Waals surface area contributed by atoms with Crippen molar-refractivity contribution in [2.75, 3.05) is 20.8 Å². The van der Waals surface area contributed by atoms with E-state index in [1.54, 1.807) is 0 Å². The number of hydrogen-bond donors (Lipinski definition) is 2. The van der Waals surface area contributed by atoms with Gasteiger partial charge in [-0.2, -0.15) is 0 Å². The molecule has 4 amide bonds. The van der Waals surface area contributed by atoms with Gasteiger partial charge in [-0.15, -0.1) is 0 Å². The second kappa shape index (κ2) is 6.94. The number of methoxy groups -OCH3 is 2. The number of rotatable bonds is 6. The summed E-state index contributed by atoms with van der Waals surface area (Å²) in [6, 6.07) is 3.54. The third kappa shape index (κ3) is 3.42. The number of nitrogens with one attached hydrogen (secondary N) is 2. The van der Waals surface area contributed by atoms with Crippen LogP contribution in [-0.2, 0) is 9.59 Å². The number of benzene rings is 1. The average molecular weight is 337 g/mol. The van der Waals surface area contributed by atoms with E-state index in [0.717, 1.165) is 0 Å². The van der Waals surface area contributed by atoms with Gasteiger partial charge in [0, 0.05) is 4.92 Å². The number of nitro groups is 1. The zero-order valence-electron chi connectivity index (χ0n) is 12.9. The van der Waals surface area contributed by atoms with Gasteiger partial charge in [-0.3, -0.25) is 30.3 Å². The van der Waals surface area contributed by atoms with E-state index in [9.17, 15) is 24.5 Å². The number of ether oxygens (including phenoxy) is 2. The molecular formula is C14H15N3O7. The normalized spacial score (nSPS) is 16.2. The third-order valence-electron chi connectivity index (χ3n) is 3.62. The number of carbonyl (C=O) groups excluding carboxylic acids is 3. The molecule has 0 aliphatic carbocycles. The van der Waals surface area contributed by atoms with E-state index in [4.69, 9.17) is 9.47 Å². The molecule has 1 aromatic carbocycles. The maximum atomic E-state index is 12.0. The van der Waals surface area contributed by atoms with E-state index in [1.165, 1.54) is 32.4 Å². The molecule has 1 atom stereocenters. The van der Waals surface area contributed by atoms with Crippen molar-refractivity contribution in [2.24, 2.45) is 5.92 Å². The summed E-state index contributed by atoms with van der Waals surface area (Å²) in [4.78, 5) is 45.6. The Labute approximate surface area is 136 Å². The van der Waals surface area contributed by atoms with Gasteiger partial charge in [0.1, 0.15) is 5.92 Å². The van der Waals surface area contributed by atoms with Crippen molar-refractivity contribution < 1.29 is 28.8 Å². The van der Waals surface area contributed by atoms with Gasteiger partial charge in [-0.05, 0) is 17.7 Å². The third-order valence-corrected chi connectivity index (χ3v) is 3.62. The first-order valence-corrected chi connectivity index (χ1v) is 6.86. The van der Waals surface area contributed by atoms with Crippen LogP contribution in [0.25, 0.3) is 0 Å². The predicted molar refractivity (Wildman–Crippen MR) is 79.3 cm³/mol.